The number of aryl methyl sites for hydroxylation is 1. The van der Waals surface area contributed by atoms with Crippen LogP contribution in [0.4, 0.5) is 0 Å². The van der Waals surface area contributed by atoms with E-state index in [1.165, 1.54) is 5.56 Å². The maximum Gasteiger partial charge on any atom is 0.169 e. The number of ether oxygens (including phenoxy) is 1. The lowest BCUT2D eigenvalue weighted by atomic mass is 10.2. The number of hydrogen-bond acceptors (Lipinski definition) is 4. The SMILES string of the molecule is CCc1cccc(Oc2cnc(C(C)C)nc2CO)c1. The third kappa shape index (κ3) is 3.33. The van der Waals surface area contributed by atoms with E-state index in [9.17, 15) is 5.11 Å². The second-order valence-corrected chi connectivity index (χ2v) is 4.95. The molecule has 0 saturated carbocycles. The third-order valence-corrected chi connectivity index (χ3v) is 3.05. The van der Waals surface area contributed by atoms with Gasteiger partial charge < -0.3 is 9.84 Å². The lowest BCUT2D eigenvalue weighted by Crippen LogP contribution is -2.03. The number of hydrogen-bond donors (Lipinski definition) is 1. The first-order valence-electron chi connectivity index (χ1n) is 6.87. The number of aromatic nitrogens is 2. The van der Waals surface area contributed by atoms with Gasteiger partial charge >= 0.3 is 0 Å². The van der Waals surface area contributed by atoms with E-state index in [4.69, 9.17) is 4.74 Å². The van der Waals surface area contributed by atoms with Gasteiger partial charge in [-0.25, -0.2) is 9.97 Å². The third-order valence-electron chi connectivity index (χ3n) is 3.05. The van der Waals surface area contributed by atoms with Crippen molar-refractivity contribution < 1.29 is 9.84 Å². The Hall–Kier alpha value is -1.94. The van der Waals surface area contributed by atoms with Crippen LogP contribution in [0, 0.1) is 0 Å². The molecule has 0 unspecified atom stereocenters. The monoisotopic (exact) mass is 272 g/mol. The maximum atomic E-state index is 9.43. The molecule has 0 radical (unpaired) electrons. The lowest BCUT2D eigenvalue weighted by Gasteiger charge is -2.12. The first kappa shape index (κ1) is 14.5. The molecule has 0 atom stereocenters. The quantitative estimate of drug-likeness (QED) is 0.905. The molecular weight excluding hydrogens is 252 g/mol. The van der Waals surface area contributed by atoms with Gasteiger partial charge in [0.25, 0.3) is 0 Å². The van der Waals surface area contributed by atoms with Crippen molar-refractivity contribution in [2.24, 2.45) is 0 Å². The zero-order valence-electron chi connectivity index (χ0n) is 12.1. The predicted molar refractivity (Wildman–Crippen MR) is 77.9 cm³/mol. The molecule has 1 aromatic carbocycles. The van der Waals surface area contributed by atoms with E-state index in [-0.39, 0.29) is 12.5 Å². The highest BCUT2D eigenvalue weighted by Gasteiger charge is 2.11. The Bertz CT molecular complexity index is 582. The number of benzene rings is 1. The summed E-state index contributed by atoms with van der Waals surface area (Å²) in [5, 5.41) is 9.43. The van der Waals surface area contributed by atoms with E-state index in [1.54, 1.807) is 6.20 Å². The summed E-state index contributed by atoms with van der Waals surface area (Å²) in [7, 11) is 0. The van der Waals surface area contributed by atoms with Crippen LogP contribution in [0.5, 0.6) is 11.5 Å². The molecule has 0 bridgehead atoms. The van der Waals surface area contributed by atoms with Crippen molar-refractivity contribution in [3.8, 4) is 11.5 Å². The highest BCUT2D eigenvalue weighted by molar-refractivity contribution is 5.35. The molecule has 4 nitrogen and oxygen atoms in total. The van der Waals surface area contributed by atoms with E-state index in [1.807, 2.05) is 32.0 Å². The van der Waals surface area contributed by atoms with Gasteiger partial charge in [-0.1, -0.05) is 32.9 Å². The van der Waals surface area contributed by atoms with Gasteiger partial charge in [-0.05, 0) is 24.1 Å². The van der Waals surface area contributed by atoms with Crippen molar-refractivity contribution in [1.82, 2.24) is 9.97 Å². The molecule has 1 heterocycles. The largest absolute Gasteiger partial charge is 0.454 e. The molecule has 0 aliphatic rings. The molecule has 1 N–H and O–H groups in total. The van der Waals surface area contributed by atoms with E-state index in [2.05, 4.69) is 23.0 Å². The van der Waals surface area contributed by atoms with Gasteiger partial charge in [0, 0.05) is 5.92 Å². The van der Waals surface area contributed by atoms with Crippen LogP contribution in [0.25, 0.3) is 0 Å². The molecule has 4 heteroatoms. The summed E-state index contributed by atoms with van der Waals surface area (Å²) >= 11 is 0. The molecular formula is C16H20N2O2. The fourth-order valence-electron chi connectivity index (χ4n) is 1.85. The standard InChI is InChI=1S/C16H20N2O2/c1-4-12-6-5-7-13(8-12)20-15-9-17-16(11(2)3)18-14(15)10-19/h5-9,11,19H,4,10H2,1-3H3. The summed E-state index contributed by atoms with van der Waals surface area (Å²) in [6.45, 7) is 5.97. The highest BCUT2D eigenvalue weighted by Crippen LogP contribution is 2.25. The Morgan fingerprint density at radius 2 is 2.10 bits per heavy atom. The van der Waals surface area contributed by atoms with Crippen LogP contribution in [0.2, 0.25) is 0 Å². The van der Waals surface area contributed by atoms with Gasteiger partial charge in [0.1, 0.15) is 17.3 Å². The second kappa shape index (κ2) is 6.48. The molecule has 0 spiro atoms. The fraction of sp³-hybridized carbons (Fsp3) is 0.375. The van der Waals surface area contributed by atoms with E-state index in [0.29, 0.717) is 17.3 Å². The first-order chi connectivity index (χ1) is 9.63. The molecule has 1 aromatic heterocycles. The Labute approximate surface area is 119 Å². The minimum atomic E-state index is -0.162. The van der Waals surface area contributed by atoms with Crippen LogP contribution in [0.15, 0.2) is 30.5 Å². The summed E-state index contributed by atoms with van der Waals surface area (Å²) in [5.41, 5.74) is 1.72. The number of nitrogens with zero attached hydrogens (tertiary/aromatic N) is 2. The molecule has 20 heavy (non-hydrogen) atoms. The highest BCUT2D eigenvalue weighted by atomic mass is 16.5. The van der Waals surface area contributed by atoms with E-state index < -0.39 is 0 Å². The van der Waals surface area contributed by atoms with Crippen molar-refractivity contribution in [1.29, 1.82) is 0 Å². The molecule has 2 rings (SSSR count). The summed E-state index contributed by atoms with van der Waals surface area (Å²) in [5.74, 6) is 2.17. The predicted octanol–water partition coefficient (Wildman–Crippen LogP) is 3.45. The minimum Gasteiger partial charge on any atom is -0.454 e. The molecule has 106 valence electrons. The molecule has 0 saturated heterocycles. The second-order valence-electron chi connectivity index (χ2n) is 4.95. The van der Waals surface area contributed by atoms with Crippen LogP contribution in [-0.4, -0.2) is 15.1 Å². The first-order valence-corrected chi connectivity index (χ1v) is 6.87. The van der Waals surface area contributed by atoms with Crippen molar-refractivity contribution in [3.63, 3.8) is 0 Å². The van der Waals surface area contributed by atoms with Crippen molar-refractivity contribution in [3.05, 3.63) is 47.5 Å². The maximum absolute atomic E-state index is 9.43. The lowest BCUT2D eigenvalue weighted by molar-refractivity contribution is 0.270. The Kier molecular flexibility index (Phi) is 4.69. The van der Waals surface area contributed by atoms with Crippen molar-refractivity contribution >= 4 is 0 Å². The smallest absolute Gasteiger partial charge is 0.169 e. The van der Waals surface area contributed by atoms with E-state index in [0.717, 1.165) is 12.2 Å². The van der Waals surface area contributed by atoms with Crippen LogP contribution in [0.1, 0.15) is 43.8 Å². The van der Waals surface area contributed by atoms with E-state index >= 15 is 0 Å². The Morgan fingerprint density at radius 3 is 2.75 bits per heavy atom. The van der Waals surface area contributed by atoms with Gasteiger partial charge in [0.05, 0.1) is 12.8 Å². The van der Waals surface area contributed by atoms with Gasteiger partial charge in [0.2, 0.25) is 0 Å². The average molecular weight is 272 g/mol. The van der Waals surface area contributed by atoms with Gasteiger partial charge in [-0.3, -0.25) is 0 Å². The summed E-state index contributed by atoms with van der Waals surface area (Å²) in [6, 6.07) is 7.88. The van der Waals surface area contributed by atoms with Crippen molar-refractivity contribution in [2.75, 3.05) is 0 Å². The molecule has 0 amide bonds. The van der Waals surface area contributed by atoms with Crippen LogP contribution in [0.3, 0.4) is 0 Å². The number of rotatable bonds is 5. The van der Waals surface area contributed by atoms with Crippen molar-refractivity contribution in [2.45, 2.75) is 39.7 Å². The normalized spacial score (nSPS) is 10.8. The van der Waals surface area contributed by atoms with Crippen LogP contribution in [-0.2, 0) is 13.0 Å². The van der Waals surface area contributed by atoms with Gasteiger partial charge in [-0.2, -0.15) is 0 Å². The Balaban J connectivity index is 2.28. The molecule has 0 fully saturated rings. The average Bonchev–Trinajstić information content (AvgIpc) is 2.47. The molecule has 0 aliphatic carbocycles. The van der Waals surface area contributed by atoms with Crippen LogP contribution < -0.4 is 4.74 Å². The van der Waals surface area contributed by atoms with Crippen LogP contribution >= 0.6 is 0 Å². The zero-order valence-corrected chi connectivity index (χ0v) is 12.1. The van der Waals surface area contributed by atoms with Gasteiger partial charge in [-0.15, -0.1) is 0 Å². The topological polar surface area (TPSA) is 55.2 Å². The Morgan fingerprint density at radius 1 is 1.30 bits per heavy atom. The zero-order chi connectivity index (χ0) is 14.5. The fourth-order valence-corrected chi connectivity index (χ4v) is 1.85. The van der Waals surface area contributed by atoms with Gasteiger partial charge in [0.15, 0.2) is 5.75 Å². The summed E-state index contributed by atoms with van der Waals surface area (Å²) in [4.78, 5) is 8.62. The summed E-state index contributed by atoms with van der Waals surface area (Å²) < 4.78 is 5.79. The molecule has 0 aliphatic heterocycles. The minimum absolute atomic E-state index is 0.162. The number of aliphatic hydroxyl groups is 1. The molecule has 2 aromatic rings. The summed E-state index contributed by atoms with van der Waals surface area (Å²) in [6.07, 6.45) is 2.58. The number of aliphatic hydroxyl groups excluding tert-OH is 1.